The minimum Gasteiger partial charge on any atom is -0.480 e. The Morgan fingerprint density at radius 1 is 1.25 bits per heavy atom. The monoisotopic (exact) mass is 316 g/mol. The molecule has 2 aliphatic heterocycles. The molecule has 2 heterocycles. The first kappa shape index (κ1) is 14.4. The zero-order chi connectivity index (χ0) is 14.1. The summed E-state index contributed by atoms with van der Waals surface area (Å²) < 4.78 is 0. The van der Waals surface area contributed by atoms with Gasteiger partial charge in [-0.1, -0.05) is 0 Å². The lowest BCUT2D eigenvalue weighted by Crippen LogP contribution is -2.51. The van der Waals surface area contributed by atoms with Crippen LogP contribution in [0.4, 0.5) is 4.79 Å². The van der Waals surface area contributed by atoms with Gasteiger partial charge in [0.1, 0.15) is 6.04 Å². The molecule has 2 N–H and O–H groups in total. The summed E-state index contributed by atoms with van der Waals surface area (Å²) in [6.45, 7) is 0.677. The summed E-state index contributed by atoms with van der Waals surface area (Å²) in [6.07, 6.45) is 3.38. The van der Waals surface area contributed by atoms with E-state index in [2.05, 4.69) is 5.32 Å². The zero-order valence-electron chi connectivity index (χ0n) is 11.3. The number of carbonyl (C=O) groups excluding carboxylic acids is 1. The Hall–Kier alpha value is -0.560. The number of thioether (sulfide) groups is 2. The van der Waals surface area contributed by atoms with Crippen molar-refractivity contribution < 1.29 is 14.7 Å². The molecule has 3 unspecified atom stereocenters. The predicted molar refractivity (Wildman–Crippen MR) is 81.1 cm³/mol. The molecule has 0 radical (unpaired) electrons. The maximum absolute atomic E-state index is 12.4. The van der Waals surface area contributed by atoms with Crippen molar-refractivity contribution in [3.63, 3.8) is 0 Å². The minimum atomic E-state index is -0.882. The summed E-state index contributed by atoms with van der Waals surface area (Å²) in [5.41, 5.74) is 0. The normalized spacial score (nSPS) is 33.4. The summed E-state index contributed by atoms with van der Waals surface area (Å²) in [7, 11) is 0. The molecule has 0 spiro atoms. The molecule has 1 aliphatic carbocycles. The van der Waals surface area contributed by atoms with Crippen molar-refractivity contribution in [3.8, 4) is 0 Å². The van der Waals surface area contributed by atoms with Gasteiger partial charge < -0.3 is 10.4 Å². The highest BCUT2D eigenvalue weighted by atomic mass is 32.2. The number of aliphatic carboxylic acids is 1. The van der Waals surface area contributed by atoms with E-state index >= 15 is 0 Å². The molecule has 3 rings (SSSR count). The number of carbonyl (C=O) groups is 2. The predicted octanol–water partition coefficient (Wildman–Crippen LogP) is 1.69. The molecule has 0 aromatic rings. The van der Waals surface area contributed by atoms with E-state index in [4.69, 9.17) is 0 Å². The zero-order valence-corrected chi connectivity index (χ0v) is 12.9. The molecule has 3 aliphatic rings. The van der Waals surface area contributed by atoms with E-state index in [0.717, 1.165) is 25.0 Å². The largest absolute Gasteiger partial charge is 0.480 e. The molecule has 0 aromatic carbocycles. The van der Waals surface area contributed by atoms with Gasteiger partial charge in [0.25, 0.3) is 0 Å². The molecule has 3 atom stereocenters. The average molecular weight is 316 g/mol. The lowest BCUT2D eigenvalue weighted by atomic mass is 10.1. The van der Waals surface area contributed by atoms with Gasteiger partial charge in [0, 0.05) is 12.3 Å². The van der Waals surface area contributed by atoms with Crippen molar-refractivity contribution in [3.05, 3.63) is 0 Å². The van der Waals surface area contributed by atoms with Gasteiger partial charge in [-0.25, -0.2) is 9.59 Å². The number of carboxylic acid groups (broad SMARTS) is 1. The fourth-order valence-corrected chi connectivity index (χ4v) is 5.70. The molecule has 2 amide bonds. The highest BCUT2D eigenvalue weighted by Gasteiger charge is 2.48. The third-order valence-corrected chi connectivity index (χ3v) is 6.84. The number of urea groups is 1. The number of hydrogen-bond acceptors (Lipinski definition) is 4. The van der Waals surface area contributed by atoms with Crippen LogP contribution in [0.25, 0.3) is 0 Å². The molecule has 112 valence electrons. The average Bonchev–Trinajstić information content (AvgIpc) is 2.97. The van der Waals surface area contributed by atoms with Crippen LogP contribution in [0.15, 0.2) is 0 Å². The number of nitrogens with one attached hydrogen (secondary N) is 1. The van der Waals surface area contributed by atoms with E-state index in [0.29, 0.717) is 24.1 Å². The molecule has 20 heavy (non-hydrogen) atoms. The van der Waals surface area contributed by atoms with Crippen molar-refractivity contribution in [2.24, 2.45) is 11.8 Å². The second-order valence-electron chi connectivity index (χ2n) is 5.74. The van der Waals surface area contributed by atoms with Crippen molar-refractivity contribution >= 4 is 35.5 Å². The summed E-state index contributed by atoms with van der Waals surface area (Å²) in [5.74, 6) is 2.95. The second-order valence-corrected chi connectivity index (χ2v) is 8.04. The maximum Gasteiger partial charge on any atom is 0.327 e. The summed E-state index contributed by atoms with van der Waals surface area (Å²) >= 11 is 3.55. The van der Waals surface area contributed by atoms with E-state index in [9.17, 15) is 14.7 Å². The minimum absolute atomic E-state index is 0.0639. The Kier molecular flexibility index (Phi) is 4.35. The van der Waals surface area contributed by atoms with E-state index in [1.165, 1.54) is 5.75 Å². The molecule has 0 aromatic heterocycles. The Morgan fingerprint density at radius 3 is 2.65 bits per heavy atom. The van der Waals surface area contributed by atoms with Gasteiger partial charge in [0.2, 0.25) is 0 Å². The van der Waals surface area contributed by atoms with Gasteiger partial charge >= 0.3 is 12.0 Å². The lowest BCUT2D eigenvalue weighted by Gasteiger charge is -2.28. The van der Waals surface area contributed by atoms with E-state index in [-0.39, 0.29) is 11.4 Å². The Morgan fingerprint density at radius 2 is 2.05 bits per heavy atom. The van der Waals surface area contributed by atoms with Crippen molar-refractivity contribution in [2.75, 3.05) is 23.8 Å². The summed E-state index contributed by atoms with van der Waals surface area (Å²) in [4.78, 5) is 25.3. The maximum atomic E-state index is 12.4. The Balaban J connectivity index is 1.60. The van der Waals surface area contributed by atoms with E-state index in [1.807, 2.05) is 11.8 Å². The fraction of sp³-hybridized carbons (Fsp3) is 0.846. The summed E-state index contributed by atoms with van der Waals surface area (Å²) in [5, 5.41) is 12.3. The van der Waals surface area contributed by atoms with Gasteiger partial charge in [-0.05, 0) is 42.6 Å². The molecule has 3 fully saturated rings. The highest BCUT2D eigenvalue weighted by Crippen LogP contribution is 2.45. The number of hydrogen-bond donors (Lipinski definition) is 2. The van der Waals surface area contributed by atoms with Crippen molar-refractivity contribution in [1.82, 2.24) is 10.2 Å². The van der Waals surface area contributed by atoms with Crippen LogP contribution in [0.1, 0.15) is 19.3 Å². The molecular formula is C13H20N2O3S2. The molecule has 1 saturated carbocycles. The number of amides is 2. The van der Waals surface area contributed by atoms with Crippen LogP contribution in [0.2, 0.25) is 0 Å². The molecule has 5 nitrogen and oxygen atoms in total. The van der Waals surface area contributed by atoms with Crippen LogP contribution in [0.5, 0.6) is 0 Å². The third kappa shape index (κ3) is 3.03. The number of rotatable bonds is 4. The van der Waals surface area contributed by atoms with E-state index < -0.39 is 12.0 Å². The second kappa shape index (κ2) is 6.05. The standard InChI is InChI=1S/C13H20N2O3S2/c16-12(17)10-7-20-11(9-1-2-9)15(10)13(18)14-5-8-3-4-19-6-8/h8-11H,1-7H2,(H,14,18)(H,16,17). The van der Waals surface area contributed by atoms with Crippen LogP contribution in [0, 0.1) is 11.8 Å². The van der Waals surface area contributed by atoms with Gasteiger partial charge in [-0.3, -0.25) is 4.90 Å². The van der Waals surface area contributed by atoms with Gasteiger partial charge in [-0.15, -0.1) is 11.8 Å². The lowest BCUT2D eigenvalue weighted by molar-refractivity contribution is -0.141. The fourth-order valence-electron chi connectivity index (χ4n) is 2.79. The third-order valence-electron chi connectivity index (χ3n) is 4.15. The first-order valence-corrected chi connectivity index (χ1v) is 9.35. The number of carboxylic acids is 1. The van der Waals surface area contributed by atoms with Gasteiger partial charge in [0.05, 0.1) is 5.37 Å². The quantitative estimate of drug-likeness (QED) is 0.826. The molecule has 2 saturated heterocycles. The first-order chi connectivity index (χ1) is 9.66. The van der Waals surface area contributed by atoms with Crippen LogP contribution >= 0.6 is 23.5 Å². The van der Waals surface area contributed by atoms with E-state index in [1.54, 1.807) is 16.7 Å². The Labute approximate surface area is 127 Å². The van der Waals surface area contributed by atoms with Crippen LogP contribution in [-0.4, -0.2) is 57.2 Å². The topological polar surface area (TPSA) is 69.6 Å². The van der Waals surface area contributed by atoms with Gasteiger partial charge in [0.15, 0.2) is 0 Å². The Bertz CT molecular complexity index is 397. The molecule has 7 heteroatoms. The first-order valence-electron chi connectivity index (χ1n) is 7.15. The number of nitrogens with zero attached hydrogens (tertiary/aromatic N) is 1. The van der Waals surface area contributed by atoms with Crippen LogP contribution < -0.4 is 5.32 Å². The molecule has 0 bridgehead atoms. The smallest absolute Gasteiger partial charge is 0.327 e. The van der Waals surface area contributed by atoms with Crippen molar-refractivity contribution in [2.45, 2.75) is 30.7 Å². The van der Waals surface area contributed by atoms with Crippen LogP contribution in [0.3, 0.4) is 0 Å². The van der Waals surface area contributed by atoms with Gasteiger partial charge in [-0.2, -0.15) is 11.8 Å². The van der Waals surface area contributed by atoms with Crippen molar-refractivity contribution in [1.29, 1.82) is 0 Å². The molecular weight excluding hydrogens is 296 g/mol. The van der Waals surface area contributed by atoms with Crippen LogP contribution in [-0.2, 0) is 4.79 Å². The SMILES string of the molecule is O=C(O)C1CSC(C2CC2)N1C(=O)NCC1CCSC1. The summed E-state index contributed by atoms with van der Waals surface area (Å²) in [6, 6.07) is -0.847. The highest BCUT2D eigenvalue weighted by molar-refractivity contribution is 8.00.